The zero-order chi connectivity index (χ0) is 21.9. The number of imidazole rings is 1. The second kappa shape index (κ2) is 18.9. The van der Waals surface area contributed by atoms with Gasteiger partial charge >= 0.3 is 0 Å². The Bertz CT molecular complexity index is 479. The van der Waals surface area contributed by atoms with Gasteiger partial charge < -0.3 is 0 Å². The summed E-state index contributed by atoms with van der Waals surface area (Å²) in [5.41, 5.74) is 0. The summed E-state index contributed by atoms with van der Waals surface area (Å²) in [6.07, 6.45) is 31.0. The van der Waals surface area contributed by atoms with E-state index in [2.05, 4.69) is 49.6 Å². The first-order chi connectivity index (χ1) is 14.7. The summed E-state index contributed by atoms with van der Waals surface area (Å²) in [7, 11) is 0. The third kappa shape index (κ3) is 12.2. The van der Waals surface area contributed by atoms with Crippen LogP contribution in [-0.2, 0) is 0 Å². The van der Waals surface area contributed by atoms with Crippen LogP contribution in [0.1, 0.15) is 167 Å². The summed E-state index contributed by atoms with van der Waals surface area (Å²) < 4.78 is 2.55. The maximum atomic E-state index is 3.60. The van der Waals surface area contributed by atoms with Crippen molar-refractivity contribution >= 4 is 0 Å². The molecule has 1 N–H and O–H groups in total. The van der Waals surface area contributed by atoms with Gasteiger partial charge in [-0.25, -0.2) is 9.55 Å². The van der Waals surface area contributed by atoms with Crippen LogP contribution < -0.4 is 4.57 Å². The minimum absolute atomic E-state index is 0.624. The fourth-order valence-electron chi connectivity index (χ4n) is 4.84. The lowest BCUT2D eigenvalue weighted by molar-refractivity contribution is -0.727. The van der Waals surface area contributed by atoms with Crippen molar-refractivity contribution in [2.45, 2.75) is 162 Å². The van der Waals surface area contributed by atoms with Crippen LogP contribution in [0.15, 0.2) is 12.4 Å². The number of nitrogens with one attached hydrogen (secondary N) is 1. The molecule has 2 atom stereocenters. The normalized spacial score (nSPS) is 13.6. The number of hydrogen-bond acceptors (Lipinski definition) is 0. The molecule has 1 rings (SSSR count). The van der Waals surface area contributed by atoms with Crippen molar-refractivity contribution in [1.29, 1.82) is 0 Å². The summed E-state index contributed by atoms with van der Waals surface area (Å²) in [6, 6.07) is 0.624. The standard InChI is InChI=1S/C28H54N2/c1-5-8-10-12-14-15-16-17-19-21-23-27(7-3)28-29-24-25-30(28)26(4)22-20-18-13-11-9-6-2/h24-27H,5-23H2,1-4H3/p+1. The second-order valence-electron chi connectivity index (χ2n) is 9.73. The zero-order valence-corrected chi connectivity index (χ0v) is 21.2. The monoisotopic (exact) mass is 419 g/mol. The van der Waals surface area contributed by atoms with Crippen molar-refractivity contribution in [1.82, 2.24) is 4.98 Å². The predicted molar refractivity (Wildman–Crippen MR) is 133 cm³/mol. The minimum atomic E-state index is 0.624. The summed E-state index contributed by atoms with van der Waals surface area (Å²) in [6.45, 7) is 9.38. The van der Waals surface area contributed by atoms with Crippen molar-refractivity contribution in [3.8, 4) is 0 Å². The van der Waals surface area contributed by atoms with Gasteiger partial charge in [0.15, 0.2) is 0 Å². The molecule has 2 heteroatoms. The smallest absolute Gasteiger partial charge is 0.247 e. The minimum Gasteiger partial charge on any atom is -0.247 e. The third-order valence-corrected chi connectivity index (χ3v) is 6.98. The molecule has 0 aliphatic heterocycles. The number of rotatable bonds is 21. The second-order valence-corrected chi connectivity index (χ2v) is 9.73. The van der Waals surface area contributed by atoms with Crippen LogP contribution in [0.25, 0.3) is 0 Å². The molecule has 1 aromatic heterocycles. The van der Waals surface area contributed by atoms with Crippen LogP contribution >= 0.6 is 0 Å². The Balaban J connectivity index is 2.24. The summed E-state index contributed by atoms with van der Waals surface area (Å²) >= 11 is 0. The highest BCUT2D eigenvalue weighted by molar-refractivity contribution is 4.89. The van der Waals surface area contributed by atoms with Crippen molar-refractivity contribution in [3.63, 3.8) is 0 Å². The first kappa shape index (κ1) is 27.2. The highest BCUT2D eigenvalue weighted by Gasteiger charge is 2.24. The van der Waals surface area contributed by atoms with Crippen molar-refractivity contribution < 1.29 is 4.57 Å². The van der Waals surface area contributed by atoms with E-state index in [1.165, 1.54) is 128 Å². The molecular formula is C28H55N2+. The summed E-state index contributed by atoms with van der Waals surface area (Å²) in [5.74, 6) is 2.17. The first-order valence-electron chi connectivity index (χ1n) is 13.8. The molecule has 0 fully saturated rings. The molecule has 0 aliphatic carbocycles. The number of aromatic nitrogens is 2. The molecule has 2 nitrogen and oxygen atoms in total. The van der Waals surface area contributed by atoms with Crippen molar-refractivity contribution in [3.05, 3.63) is 18.2 Å². The quantitative estimate of drug-likeness (QED) is 0.151. The Morgan fingerprint density at radius 3 is 1.63 bits per heavy atom. The molecule has 30 heavy (non-hydrogen) atoms. The van der Waals surface area contributed by atoms with Crippen LogP contribution in [0.5, 0.6) is 0 Å². The Hall–Kier alpha value is -0.790. The van der Waals surface area contributed by atoms with Gasteiger partial charge in [0.25, 0.3) is 5.82 Å². The molecule has 0 aromatic carbocycles. The van der Waals surface area contributed by atoms with E-state index >= 15 is 0 Å². The lowest BCUT2D eigenvalue weighted by Gasteiger charge is -2.16. The van der Waals surface area contributed by atoms with Gasteiger partial charge in [0.05, 0.1) is 12.0 Å². The van der Waals surface area contributed by atoms with E-state index in [1.54, 1.807) is 0 Å². The Labute approximate surface area is 189 Å². The molecule has 0 saturated heterocycles. The predicted octanol–water partition coefficient (Wildman–Crippen LogP) is 9.42. The fourth-order valence-corrected chi connectivity index (χ4v) is 4.84. The van der Waals surface area contributed by atoms with E-state index in [1.807, 2.05) is 0 Å². The summed E-state index contributed by atoms with van der Waals surface area (Å²) in [5, 5.41) is 0. The Morgan fingerprint density at radius 1 is 0.667 bits per heavy atom. The number of unbranched alkanes of at least 4 members (excludes halogenated alkanes) is 14. The molecule has 0 bridgehead atoms. The van der Waals surface area contributed by atoms with Gasteiger partial charge in [0.2, 0.25) is 0 Å². The van der Waals surface area contributed by atoms with Gasteiger partial charge in [-0.1, -0.05) is 117 Å². The lowest BCUT2D eigenvalue weighted by atomic mass is 9.96. The van der Waals surface area contributed by atoms with Crippen LogP contribution in [0.2, 0.25) is 0 Å². The highest BCUT2D eigenvalue weighted by Crippen LogP contribution is 2.24. The molecule has 1 aromatic rings. The molecule has 176 valence electrons. The number of H-pyrrole nitrogens is 1. The Morgan fingerprint density at radius 2 is 1.13 bits per heavy atom. The molecule has 0 amide bonds. The van der Waals surface area contributed by atoms with E-state index in [9.17, 15) is 0 Å². The maximum Gasteiger partial charge on any atom is 0.257 e. The molecule has 1 heterocycles. The van der Waals surface area contributed by atoms with Crippen molar-refractivity contribution in [2.75, 3.05) is 0 Å². The molecule has 2 unspecified atom stereocenters. The fraction of sp³-hybridized carbons (Fsp3) is 0.893. The number of hydrogen-bond donors (Lipinski definition) is 1. The average molecular weight is 420 g/mol. The van der Waals surface area contributed by atoms with Crippen molar-refractivity contribution in [2.24, 2.45) is 0 Å². The van der Waals surface area contributed by atoms with E-state index in [0.29, 0.717) is 12.0 Å². The van der Waals surface area contributed by atoms with E-state index in [0.717, 1.165) is 0 Å². The molecule has 0 saturated carbocycles. The lowest BCUT2D eigenvalue weighted by Crippen LogP contribution is -2.41. The van der Waals surface area contributed by atoms with Gasteiger partial charge in [0, 0.05) is 0 Å². The van der Waals surface area contributed by atoms with Crippen LogP contribution in [-0.4, -0.2) is 4.98 Å². The van der Waals surface area contributed by atoms with E-state index < -0.39 is 0 Å². The SMILES string of the molecule is CCCCCCCCCCCCC(CC)c1[nH]cc[n+]1C(C)CCCCCCCC. The van der Waals surface area contributed by atoms with Crippen LogP contribution in [0.3, 0.4) is 0 Å². The first-order valence-corrected chi connectivity index (χ1v) is 13.8. The third-order valence-electron chi connectivity index (χ3n) is 6.98. The average Bonchev–Trinajstić information content (AvgIpc) is 3.24. The van der Waals surface area contributed by atoms with Gasteiger partial charge in [-0.3, -0.25) is 0 Å². The Kier molecular flexibility index (Phi) is 17.2. The molecule has 0 aliphatic rings. The van der Waals surface area contributed by atoms with Gasteiger partial charge in [0.1, 0.15) is 12.4 Å². The highest BCUT2D eigenvalue weighted by atomic mass is 15.1. The zero-order valence-electron chi connectivity index (χ0n) is 21.2. The van der Waals surface area contributed by atoms with E-state index in [-0.39, 0.29) is 0 Å². The molecule has 0 radical (unpaired) electrons. The number of aromatic amines is 1. The van der Waals surface area contributed by atoms with Crippen LogP contribution in [0.4, 0.5) is 0 Å². The maximum absolute atomic E-state index is 3.60. The summed E-state index contributed by atoms with van der Waals surface area (Å²) in [4.78, 5) is 3.60. The largest absolute Gasteiger partial charge is 0.257 e. The number of nitrogens with zero attached hydrogens (tertiary/aromatic N) is 1. The van der Waals surface area contributed by atoms with Gasteiger partial charge in [-0.05, 0) is 32.6 Å². The van der Waals surface area contributed by atoms with Crippen LogP contribution in [0, 0.1) is 0 Å². The molecule has 0 spiro atoms. The topological polar surface area (TPSA) is 19.7 Å². The van der Waals surface area contributed by atoms with Gasteiger partial charge in [-0.2, -0.15) is 0 Å². The molecular weight excluding hydrogens is 364 g/mol. The van der Waals surface area contributed by atoms with Gasteiger partial charge in [-0.15, -0.1) is 0 Å². The van der Waals surface area contributed by atoms with E-state index in [4.69, 9.17) is 0 Å².